The summed E-state index contributed by atoms with van der Waals surface area (Å²) in [5.74, 6) is 0.814. The third-order valence-corrected chi connectivity index (χ3v) is 5.75. The van der Waals surface area contributed by atoms with Crippen molar-refractivity contribution in [1.29, 1.82) is 0 Å². The second-order valence-electron chi connectivity index (χ2n) is 6.04. The Morgan fingerprint density at radius 3 is 2.56 bits per heavy atom. The second-order valence-corrected chi connectivity index (χ2v) is 7.14. The maximum absolute atomic E-state index is 6.11. The Labute approximate surface area is 108 Å². The highest BCUT2D eigenvalue weighted by Gasteiger charge is 2.55. The van der Waals surface area contributed by atoms with Crippen molar-refractivity contribution in [1.82, 2.24) is 0 Å². The highest BCUT2D eigenvalue weighted by Crippen LogP contribution is 2.57. The topological polar surface area (TPSA) is 9.23 Å². The molecule has 94 valence electrons. The van der Waals surface area contributed by atoms with Gasteiger partial charge >= 0.3 is 0 Å². The Morgan fingerprint density at radius 2 is 2.00 bits per heavy atom. The Balaban J connectivity index is 1.70. The largest absolute Gasteiger partial charge is 0.378 e. The first-order valence-corrected chi connectivity index (χ1v) is 7.82. The minimum Gasteiger partial charge on any atom is -0.378 e. The lowest BCUT2D eigenvalue weighted by Gasteiger charge is -2.51. The van der Waals surface area contributed by atoms with E-state index in [-0.39, 0.29) is 0 Å². The van der Waals surface area contributed by atoms with Crippen LogP contribution in [-0.2, 0) is 4.74 Å². The average Bonchev–Trinajstić information content (AvgIpc) is 2.73. The number of halogens is 1. The fraction of sp³-hybridized carbons (Fsp3) is 1.00. The van der Waals surface area contributed by atoms with E-state index in [1.807, 2.05) is 0 Å². The highest BCUT2D eigenvalue weighted by atomic mass is 79.9. The lowest BCUT2D eigenvalue weighted by molar-refractivity contribution is -0.101. The van der Waals surface area contributed by atoms with Crippen molar-refractivity contribution in [2.24, 2.45) is 11.3 Å². The van der Waals surface area contributed by atoms with Gasteiger partial charge in [0.2, 0.25) is 0 Å². The second kappa shape index (κ2) is 5.39. The van der Waals surface area contributed by atoms with Gasteiger partial charge in [-0.25, -0.2) is 0 Å². The Bertz CT molecular complexity index is 221. The van der Waals surface area contributed by atoms with E-state index < -0.39 is 0 Å². The van der Waals surface area contributed by atoms with Gasteiger partial charge in [0.05, 0.1) is 6.10 Å². The fourth-order valence-corrected chi connectivity index (χ4v) is 4.41. The van der Waals surface area contributed by atoms with E-state index >= 15 is 0 Å². The smallest absolute Gasteiger partial charge is 0.0652 e. The number of hydrogen-bond acceptors (Lipinski definition) is 1. The van der Waals surface area contributed by atoms with Gasteiger partial charge in [-0.05, 0) is 38.0 Å². The summed E-state index contributed by atoms with van der Waals surface area (Å²) in [7, 11) is 0. The molecule has 2 unspecified atom stereocenters. The Morgan fingerprint density at radius 1 is 1.31 bits per heavy atom. The number of ether oxygens (including phenoxy) is 1. The molecule has 0 aromatic carbocycles. The van der Waals surface area contributed by atoms with Gasteiger partial charge in [0.15, 0.2) is 0 Å². The van der Waals surface area contributed by atoms with Crippen LogP contribution < -0.4 is 0 Å². The molecule has 0 bridgehead atoms. The molecule has 2 heteroatoms. The maximum Gasteiger partial charge on any atom is 0.0652 e. The van der Waals surface area contributed by atoms with Crippen LogP contribution in [-0.4, -0.2) is 17.5 Å². The normalized spacial score (nSPS) is 32.2. The lowest BCUT2D eigenvalue weighted by atomic mass is 9.64. The first-order valence-electron chi connectivity index (χ1n) is 6.91. The molecule has 0 radical (unpaired) electrons. The monoisotopic (exact) mass is 288 g/mol. The molecule has 2 atom stereocenters. The molecule has 0 amide bonds. The van der Waals surface area contributed by atoms with Crippen molar-refractivity contribution in [2.75, 3.05) is 6.61 Å². The van der Waals surface area contributed by atoms with E-state index in [0.717, 1.165) is 17.4 Å². The van der Waals surface area contributed by atoms with Gasteiger partial charge in [0, 0.05) is 16.8 Å². The predicted octanol–water partition coefficient (Wildman–Crippen LogP) is 4.54. The van der Waals surface area contributed by atoms with Crippen LogP contribution in [0.3, 0.4) is 0 Å². The summed E-state index contributed by atoms with van der Waals surface area (Å²) in [6, 6.07) is 0. The number of alkyl halides is 1. The van der Waals surface area contributed by atoms with Gasteiger partial charge < -0.3 is 4.74 Å². The molecule has 0 aliphatic heterocycles. The van der Waals surface area contributed by atoms with Crippen LogP contribution in [0.15, 0.2) is 0 Å². The predicted molar refractivity (Wildman–Crippen MR) is 72.0 cm³/mol. The van der Waals surface area contributed by atoms with E-state index in [2.05, 4.69) is 29.8 Å². The Kier molecular flexibility index (Phi) is 4.34. The van der Waals surface area contributed by atoms with E-state index in [1.54, 1.807) is 0 Å². The van der Waals surface area contributed by atoms with Crippen LogP contribution in [0.25, 0.3) is 0 Å². The molecule has 2 fully saturated rings. The standard InChI is InChI=1S/C14H25BrO/c1-11(2)6-5-9-16-13-10-12(15)14(13)7-3-4-8-14/h11-13H,3-10H2,1-2H3. The molecule has 0 heterocycles. The van der Waals surface area contributed by atoms with Gasteiger partial charge in [-0.3, -0.25) is 0 Å². The van der Waals surface area contributed by atoms with Crippen LogP contribution in [0.5, 0.6) is 0 Å². The van der Waals surface area contributed by atoms with Gasteiger partial charge in [0.25, 0.3) is 0 Å². The molecule has 0 aromatic rings. The molecule has 2 rings (SSSR count). The fourth-order valence-electron chi connectivity index (χ4n) is 3.32. The van der Waals surface area contributed by atoms with Crippen molar-refractivity contribution < 1.29 is 4.74 Å². The maximum atomic E-state index is 6.11. The zero-order valence-corrected chi connectivity index (χ0v) is 12.3. The quantitative estimate of drug-likeness (QED) is 0.533. The molecular formula is C14H25BrO. The minimum atomic E-state index is 0.526. The SMILES string of the molecule is CC(C)CCCOC1CC(Br)C12CCCC2. The van der Waals surface area contributed by atoms with Crippen molar-refractivity contribution in [3.63, 3.8) is 0 Å². The molecule has 2 saturated carbocycles. The first kappa shape index (κ1) is 12.9. The molecule has 2 aliphatic carbocycles. The average molecular weight is 289 g/mol. The van der Waals surface area contributed by atoms with Crippen molar-refractivity contribution in [2.45, 2.75) is 69.7 Å². The molecule has 16 heavy (non-hydrogen) atoms. The van der Waals surface area contributed by atoms with Gasteiger partial charge in [0.1, 0.15) is 0 Å². The lowest BCUT2D eigenvalue weighted by Crippen LogP contribution is -2.53. The van der Waals surface area contributed by atoms with Crippen LogP contribution >= 0.6 is 15.9 Å². The van der Waals surface area contributed by atoms with E-state index in [9.17, 15) is 0 Å². The van der Waals surface area contributed by atoms with Gasteiger partial charge in [-0.1, -0.05) is 42.6 Å². The van der Waals surface area contributed by atoms with Crippen molar-refractivity contribution >= 4 is 15.9 Å². The highest BCUT2D eigenvalue weighted by molar-refractivity contribution is 9.09. The third-order valence-electron chi connectivity index (χ3n) is 4.47. The van der Waals surface area contributed by atoms with Gasteiger partial charge in [-0.15, -0.1) is 0 Å². The zero-order valence-electron chi connectivity index (χ0n) is 10.7. The summed E-state index contributed by atoms with van der Waals surface area (Å²) < 4.78 is 6.11. The molecule has 1 spiro atoms. The molecular weight excluding hydrogens is 264 g/mol. The molecule has 0 saturated heterocycles. The van der Waals surface area contributed by atoms with Crippen molar-refractivity contribution in [3.05, 3.63) is 0 Å². The van der Waals surface area contributed by atoms with E-state index in [0.29, 0.717) is 11.5 Å². The zero-order chi connectivity index (χ0) is 11.6. The summed E-state index contributed by atoms with van der Waals surface area (Å²) in [5.41, 5.74) is 0.526. The van der Waals surface area contributed by atoms with E-state index in [1.165, 1.54) is 44.9 Å². The van der Waals surface area contributed by atoms with Crippen LogP contribution in [0.4, 0.5) is 0 Å². The Hall–Kier alpha value is 0.440. The number of hydrogen-bond donors (Lipinski definition) is 0. The van der Waals surface area contributed by atoms with E-state index in [4.69, 9.17) is 4.74 Å². The summed E-state index contributed by atoms with van der Waals surface area (Å²) in [4.78, 5) is 0.734. The summed E-state index contributed by atoms with van der Waals surface area (Å²) in [6.07, 6.45) is 9.93. The summed E-state index contributed by atoms with van der Waals surface area (Å²) >= 11 is 3.84. The molecule has 2 aliphatic rings. The number of rotatable bonds is 5. The minimum absolute atomic E-state index is 0.526. The van der Waals surface area contributed by atoms with Crippen LogP contribution in [0, 0.1) is 11.3 Å². The first-order chi connectivity index (χ1) is 7.65. The van der Waals surface area contributed by atoms with Crippen LogP contribution in [0.2, 0.25) is 0 Å². The van der Waals surface area contributed by atoms with Crippen molar-refractivity contribution in [3.8, 4) is 0 Å². The summed E-state index contributed by atoms with van der Waals surface area (Å²) in [6.45, 7) is 5.55. The van der Waals surface area contributed by atoms with Crippen LogP contribution in [0.1, 0.15) is 58.8 Å². The molecule has 0 aromatic heterocycles. The molecule has 1 nitrogen and oxygen atoms in total. The third kappa shape index (κ3) is 2.48. The van der Waals surface area contributed by atoms with Gasteiger partial charge in [-0.2, -0.15) is 0 Å². The molecule has 0 N–H and O–H groups in total. The summed E-state index contributed by atoms with van der Waals surface area (Å²) in [5, 5.41) is 0.